The second-order valence-corrected chi connectivity index (χ2v) is 4.68. The Bertz CT molecular complexity index is 394. The molecule has 1 aromatic rings. The number of nitrogens with one attached hydrogen (secondary N) is 2. The third kappa shape index (κ3) is 4.34. The first-order chi connectivity index (χ1) is 8.54. The van der Waals surface area contributed by atoms with E-state index in [2.05, 4.69) is 10.6 Å². The maximum atomic E-state index is 11.6. The van der Waals surface area contributed by atoms with Crippen LogP contribution in [0.5, 0.6) is 0 Å². The number of aliphatic carboxylic acids is 1. The summed E-state index contributed by atoms with van der Waals surface area (Å²) in [4.78, 5) is 23.4. The van der Waals surface area contributed by atoms with Crippen molar-refractivity contribution in [3.8, 4) is 0 Å². The summed E-state index contributed by atoms with van der Waals surface area (Å²) >= 11 is 1.52. The number of methoxy groups -OCH3 is 1. The summed E-state index contributed by atoms with van der Waals surface area (Å²) in [5.74, 6) is -1.13. The molecule has 1 heterocycles. The van der Waals surface area contributed by atoms with Gasteiger partial charge in [0.25, 0.3) is 0 Å². The summed E-state index contributed by atoms with van der Waals surface area (Å²) in [7, 11) is 1.38. The number of urea groups is 1. The first kappa shape index (κ1) is 14.5. The zero-order chi connectivity index (χ0) is 13.5. The fourth-order valence-electron chi connectivity index (χ4n) is 1.35. The van der Waals surface area contributed by atoms with E-state index in [0.29, 0.717) is 0 Å². The normalized spacial score (nSPS) is 13.7. The van der Waals surface area contributed by atoms with Crippen LogP contribution < -0.4 is 10.6 Å². The van der Waals surface area contributed by atoms with Crippen molar-refractivity contribution in [2.75, 3.05) is 13.7 Å². The number of hydrogen-bond acceptors (Lipinski definition) is 4. The van der Waals surface area contributed by atoms with Crippen LogP contribution in [0.2, 0.25) is 0 Å². The number of carbonyl (C=O) groups excluding carboxylic acids is 1. The van der Waals surface area contributed by atoms with E-state index >= 15 is 0 Å². The minimum Gasteiger partial charge on any atom is -0.480 e. The Morgan fingerprint density at radius 2 is 2.22 bits per heavy atom. The lowest BCUT2D eigenvalue weighted by molar-refractivity contribution is -0.140. The number of carbonyl (C=O) groups is 2. The van der Waals surface area contributed by atoms with Crippen LogP contribution in [-0.4, -0.2) is 36.9 Å². The monoisotopic (exact) mass is 272 g/mol. The largest absolute Gasteiger partial charge is 0.480 e. The quantitative estimate of drug-likeness (QED) is 0.726. The number of thiophene rings is 1. The van der Waals surface area contributed by atoms with Gasteiger partial charge in [-0.25, -0.2) is 9.59 Å². The van der Waals surface area contributed by atoms with Gasteiger partial charge < -0.3 is 20.5 Å². The van der Waals surface area contributed by atoms with Crippen LogP contribution >= 0.6 is 11.3 Å². The van der Waals surface area contributed by atoms with Gasteiger partial charge in [-0.1, -0.05) is 6.07 Å². The molecule has 0 saturated carbocycles. The molecule has 3 N–H and O–H groups in total. The maximum Gasteiger partial charge on any atom is 0.328 e. The van der Waals surface area contributed by atoms with Crippen LogP contribution in [0.3, 0.4) is 0 Å². The molecule has 2 unspecified atom stereocenters. The predicted molar refractivity (Wildman–Crippen MR) is 67.7 cm³/mol. The van der Waals surface area contributed by atoms with Gasteiger partial charge in [0.2, 0.25) is 0 Å². The summed E-state index contributed by atoms with van der Waals surface area (Å²) in [6.07, 6.45) is 0. The minimum atomic E-state index is -1.13. The molecule has 6 nitrogen and oxygen atoms in total. The molecule has 7 heteroatoms. The van der Waals surface area contributed by atoms with Crippen LogP contribution in [0.1, 0.15) is 17.8 Å². The Kier molecular flexibility index (Phi) is 5.60. The number of carboxylic acid groups (broad SMARTS) is 1. The van der Waals surface area contributed by atoms with Crippen molar-refractivity contribution >= 4 is 23.3 Å². The second-order valence-electron chi connectivity index (χ2n) is 3.70. The summed E-state index contributed by atoms with van der Waals surface area (Å²) in [5, 5.41) is 15.8. The van der Waals surface area contributed by atoms with E-state index in [9.17, 15) is 9.59 Å². The van der Waals surface area contributed by atoms with Crippen molar-refractivity contribution in [1.29, 1.82) is 0 Å². The van der Waals surface area contributed by atoms with Crippen molar-refractivity contribution in [1.82, 2.24) is 10.6 Å². The molecule has 0 aromatic carbocycles. The molecular formula is C11H16N2O4S. The number of ether oxygens (including phenoxy) is 1. The molecule has 0 bridgehead atoms. The van der Waals surface area contributed by atoms with Crippen LogP contribution in [0, 0.1) is 0 Å². The molecule has 2 atom stereocenters. The molecule has 0 spiro atoms. The van der Waals surface area contributed by atoms with Gasteiger partial charge in [0.1, 0.15) is 0 Å². The van der Waals surface area contributed by atoms with Crippen molar-refractivity contribution in [3.05, 3.63) is 22.4 Å². The third-order valence-electron chi connectivity index (χ3n) is 2.25. The van der Waals surface area contributed by atoms with Gasteiger partial charge in [0.15, 0.2) is 6.04 Å². The third-order valence-corrected chi connectivity index (χ3v) is 3.31. The number of hydrogen-bond donors (Lipinski definition) is 3. The molecule has 1 rings (SSSR count). The van der Waals surface area contributed by atoms with Gasteiger partial charge in [-0.3, -0.25) is 0 Å². The van der Waals surface area contributed by atoms with Gasteiger partial charge in [-0.2, -0.15) is 0 Å². The highest BCUT2D eigenvalue weighted by molar-refractivity contribution is 7.10. The van der Waals surface area contributed by atoms with Gasteiger partial charge >= 0.3 is 12.0 Å². The highest BCUT2D eigenvalue weighted by Crippen LogP contribution is 2.17. The van der Waals surface area contributed by atoms with Crippen LogP contribution in [0.25, 0.3) is 0 Å². The lowest BCUT2D eigenvalue weighted by atomic mass is 10.3. The molecule has 0 fully saturated rings. The molecular weight excluding hydrogens is 256 g/mol. The Labute approximate surface area is 109 Å². The van der Waals surface area contributed by atoms with Gasteiger partial charge in [-0.05, 0) is 18.4 Å². The zero-order valence-electron chi connectivity index (χ0n) is 10.2. The van der Waals surface area contributed by atoms with E-state index in [0.717, 1.165) is 4.88 Å². The van der Waals surface area contributed by atoms with Gasteiger partial charge in [0, 0.05) is 12.0 Å². The van der Waals surface area contributed by atoms with Crippen molar-refractivity contribution < 1.29 is 19.4 Å². The second kappa shape index (κ2) is 6.97. The van der Waals surface area contributed by atoms with E-state index in [1.54, 1.807) is 0 Å². The van der Waals surface area contributed by atoms with E-state index in [1.807, 2.05) is 24.4 Å². The highest BCUT2D eigenvalue weighted by atomic mass is 32.1. The molecule has 0 aliphatic carbocycles. The lowest BCUT2D eigenvalue weighted by Crippen LogP contribution is -2.48. The van der Waals surface area contributed by atoms with Crippen molar-refractivity contribution in [2.45, 2.75) is 19.0 Å². The molecule has 0 saturated heterocycles. The molecule has 0 aliphatic heterocycles. The summed E-state index contributed by atoms with van der Waals surface area (Å²) < 4.78 is 4.72. The lowest BCUT2D eigenvalue weighted by Gasteiger charge is -2.17. The molecule has 18 heavy (non-hydrogen) atoms. The molecule has 100 valence electrons. The fourth-order valence-corrected chi connectivity index (χ4v) is 2.08. The minimum absolute atomic E-state index is 0.0733. The Morgan fingerprint density at radius 3 is 2.72 bits per heavy atom. The smallest absolute Gasteiger partial charge is 0.328 e. The predicted octanol–water partition coefficient (Wildman–Crippen LogP) is 1.21. The average molecular weight is 272 g/mol. The number of carboxylic acids is 1. The number of rotatable bonds is 6. The molecule has 0 aliphatic rings. The summed E-state index contributed by atoms with van der Waals surface area (Å²) in [6, 6.07) is 2.05. The van der Waals surface area contributed by atoms with Crippen molar-refractivity contribution in [2.24, 2.45) is 0 Å². The zero-order valence-corrected chi connectivity index (χ0v) is 11.0. The van der Waals surface area contributed by atoms with Crippen LogP contribution in [0.15, 0.2) is 17.5 Å². The highest BCUT2D eigenvalue weighted by Gasteiger charge is 2.20. The molecule has 2 amide bonds. The first-order valence-corrected chi connectivity index (χ1v) is 6.24. The fraction of sp³-hybridized carbons (Fsp3) is 0.455. The first-order valence-electron chi connectivity index (χ1n) is 5.36. The Morgan fingerprint density at radius 1 is 1.50 bits per heavy atom. The maximum absolute atomic E-state index is 11.6. The molecule has 1 aromatic heterocycles. The summed E-state index contributed by atoms with van der Waals surface area (Å²) in [5.41, 5.74) is 0. The van der Waals surface area contributed by atoms with Crippen LogP contribution in [0.4, 0.5) is 4.79 Å². The number of amides is 2. The summed E-state index contributed by atoms with van der Waals surface area (Å²) in [6.45, 7) is 1.76. The van der Waals surface area contributed by atoms with Gasteiger partial charge in [0.05, 0.1) is 12.6 Å². The Hall–Kier alpha value is -1.60. The topological polar surface area (TPSA) is 87.7 Å². The SMILES string of the molecule is COCC(NC(=O)NC(C)c1cccs1)C(=O)O. The van der Waals surface area contributed by atoms with E-state index in [-0.39, 0.29) is 12.6 Å². The standard InChI is InChI=1S/C11H16N2O4S/c1-7(9-4-3-5-18-9)12-11(16)13-8(6-17-2)10(14)15/h3-5,7-8H,6H2,1-2H3,(H,14,15)(H2,12,13,16). The van der Waals surface area contributed by atoms with E-state index in [1.165, 1.54) is 18.4 Å². The van der Waals surface area contributed by atoms with E-state index in [4.69, 9.17) is 9.84 Å². The van der Waals surface area contributed by atoms with E-state index < -0.39 is 18.0 Å². The average Bonchev–Trinajstić information content (AvgIpc) is 2.81. The van der Waals surface area contributed by atoms with Crippen LogP contribution in [-0.2, 0) is 9.53 Å². The Balaban J connectivity index is 2.47. The van der Waals surface area contributed by atoms with Gasteiger partial charge in [-0.15, -0.1) is 11.3 Å². The molecule has 0 radical (unpaired) electrons. The van der Waals surface area contributed by atoms with Crippen molar-refractivity contribution in [3.63, 3.8) is 0 Å².